The molecule has 1 aliphatic rings. The van der Waals surface area contributed by atoms with Gasteiger partial charge in [-0.2, -0.15) is 5.10 Å². The van der Waals surface area contributed by atoms with Gasteiger partial charge < -0.3 is 10.1 Å². The summed E-state index contributed by atoms with van der Waals surface area (Å²) in [4.78, 5) is 4.32. The van der Waals surface area contributed by atoms with Crippen molar-refractivity contribution in [1.82, 2.24) is 20.1 Å². The molecule has 0 aliphatic heterocycles. The lowest BCUT2D eigenvalue weighted by molar-refractivity contribution is 0.201. The Hall–Kier alpha value is -1.59. The summed E-state index contributed by atoms with van der Waals surface area (Å²) in [6.07, 6.45) is 6.95. The van der Waals surface area contributed by atoms with E-state index in [1.165, 1.54) is 12.8 Å². The van der Waals surface area contributed by atoms with E-state index in [2.05, 4.69) is 15.4 Å². The molecule has 124 valence electrons. The number of nitrogens with zero attached hydrogens (tertiary/aromatic N) is 3. The number of aryl methyl sites for hydroxylation is 2. The number of nitrogens with one attached hydrogen (secondary N) is 1. The molecule has 1 N–H and O–H groups in total. The summed E-state index contributed by atoms with van der Waals surface area (Å²) in [6.45, 7) is 3.41. The van der Waals surface area contributed by atoms with Gasteiger partial charge in [0.1, 0.15) is 11.3 Å². The van der Waals surface area contributed by atoms with Crippen molar-refractivity contribution in [3.63, 3.8) is 0 Å². The minimum atomic E-state index is 0.336. The molecular weight excluding hydrogens is 312 g/mol. The van der Waals surface area contributed by atoms with Gasteiger partial charge in [-0.15, -0.1) is 0 Å². The molecule has 3 rings (SSSR count). The Kier molecular flexibility index (Phi) is 5.18. The van der Waals surface area contributed by atoms with Gasteiger partial charge in [0.15, 0.2) is 0 Å². The highest BCUT2D eigenvalue weighted by molar-refractivity contribution is 6.30. The Balaban J connectivity index is 1.55. The third-order valence-electron chi connectivity index (χ3n) is 4.29. The third kappa shape index (κ3) is 4.03. The predicted molar refractivity (Wildman–Crippen MR) is 90.6 cm³/mol. The number of hydrogen-bond donors (Lipinski definition) is 1. The molecule has 2 aromatic heterocycles. The van der Waals surface area contributed by atoms with Gasteiger partial charge >= 0.3 is 0 Å². The van der Waals surface area contributed by atoms with Gasteiger partial charge in [0.25, 0.3) is 0 Å². The van der Waals surface area contributed by atoms with Crippen LogP contribution in [0.15, 0.2) is 18.3 Å². The van der Waals surface area contributed by atoms with Crippen LogP contribution in [0.2, 0.25) is 5.15 Å². The normalized spacial score (nSPS) is 15.3. The number of halogens is 1. The van der Waals surface area contributed by atoms with Gasteiger partial charge in [-0.05, 0) is 44.2 Å². The lowest BCUT2D eigenvalue weighted by Crippen LogP contribution is -2.15. The van der Waals surface area contributed by atoms with Gasteiger partial charge in [-0.3, -0.25) is 4.68 Å². The quantitative estimate of drug-likeness (QED) is 0.879. The number of ether oxygens (including phenoxy) is 1. The van der Waals surface area contributed by atoms with Crippen LogP contribution < -0.4 is 10.1 Å². The molecule has 6 heteroatoms. The van der Waals surface area contributed by atoms with Crippen LogP contribution in [0.3, 0.4) is 0 Å². The zero-order valence-corrected chi connectivity index (χ0v) is 14.4. The summed E-state index contributed by atoms with van der Waals surface area (Å²) in [5.41, 5.74) is 3.17. The van der Waals surface area contributed by atoms with E-state index in [1.54, 1.807) is 4.68 Å². The number of hydrogen-bond acceptors (Lipinski definition) is 4. The molecule has 1 fully saturated rings. The first-order valence-electron chi connectivity index (χ1n) is 8.14. The average Bonchev–Trinajstić information content (AvgIpc) is 3.11. The fourth-order valence-electron chi connectivity index (χ4n) is 3.01. The van der Waals surface area contributed by atoms with Crippen LogP contribution in [0.5, 0.6) is 5.88 Å². The summed E-state index contributed by atoms with van der Waals surface area (Å²) < 4.78 is 7.65. The predicted octanol–water partition coefficient (Wildman–Crippen LogP) is 3.39. The maximum absolute atomic E-state index is 6.25. The second kappa shape index (κ2) is 7.32. The van der Waals surface area contributed by atoms with E-state index in [1.807, 2.05) is 32.3 Å². The second-order valence-electron chi connectivity index (χ2n) is 6.11. The van der Waals surface area contributed by atoms with Gasteiger partial charge in [0.2, 0.25) is 5.88 Å². The van der Waals surface area contributed by atoms with E-state index in [4.69, 9.17) is 16.3 Å². The maximum atomic E-state index is 6.25. The van der Waals surface area contributed by atoms with Gasteiger partial charge in [-0.1, -0.05) is 11.6 Å². The molecule has 0 unspecified atom stereocenters. The maximum Gasteiger partial charge on any atom is 0.213 e. The van der Waals surface area contributed by atoms with Crippen LogP contribution in [0, 0.1) is 6.92 Å². The van der Waals surface area contributed by atoms with E-state index in [0.717, 1.165) is 42.1 Å². The van der Waals surface area contributed by atoms with Crippen molar-refractivity contribution < 1.29 is 4.74 Å². The minimum absolute atomic E-state index is 0.336. The van der Waals surface area contributed by atoms with Crippen molar-refractivity contribution in [3.8, 4) is 5.88 Å². The molecule has 0 spiro atoms. The topological polar surface area (TPSA) is 52.0 Å². The molecule has 0 atom stereocenters. The van der Waals surface area contributed by atoms with Crippen molar-refractivity contribution in [3.05, 3.63) is 40.3 Å². The van der Waals surface area contributed by atoms with Crippen molar-refractivity contribution in [2.75, 3.05) is 0 Å². The van der Waals surface area contributed by atoms with E-state index < -0.39 is 0 Å². The fourth-order valence-corrected chi connectivity index (χ4v) is 3.25. The monoisotopic (exact) mass is 334 g/mol. The third-order valence-corrected chi connectivity index (χ3v) is 4.76. The molecule has 5 nitrogen and oxygen atoms in total. The highest BCUT2D eigenvalue weighted by Gasteiger charge is 2.17. The molecule has 0 radical (unpaired) electrons. The highest BCUT2D eigenvalue weighted by Crippen LogP contribution is 2.23. The Morgan fingerprint density at radius 3 is 2.83 bits per heavy atom. The van der Waals surface area contributed by atoms with E-state index >= 15 is 0 Å². The summed E-state index contributed by atoms with van der Waals surface area (Å²) >= 11 is 6.25. The lowest BCUT2D eigenvalue weighted by Gasteiger charge is -2.13. The van der Waals surface area contributed by atoms with Gasteiger partial charge in [-0.25, -0.2) is 4.98 Å². The van der Waals surface area contributed by atoms with Crippen molar-refractivity contribution in [2.24, 2.45) is 7.05 Å². The molecule has 0 bridgehead atoms. The molecular formula is C17H23ClN4O. The molecule has 2 heterocycles. The summed E-state index contributed by atoms with van der Waals surface area (Å²) in [5, 5.41) is 8.42. The smallest absolute Gasteiger partial charge is 0.213 e. The molecule has 1 aliphatic carbocycles. The molecule has 23 heavy (non-hydrogen) atoms. The fraction of sp³-hybridized carbons (Fsp3) is 0.529. The van der Waals surface area contributed by atoms with Crippen molar-refractivity contribution in [2.45, 2.75) is 51.8 Å². The number of aromatic nitrogens is 3. The summed E-state index contributed by atoms with van der Waals surface area (Å²) in [6, 6.07) is 4.02. The first-order valence-corrected chi connectivity index (χ1v) is 8.51. The Labute approximate surface area is 142 Å². The average molecular weight is 335 g/mol. The van der Waals surface area contributed by atoms with Crippen LogP contribution in [0.1, 0.15) is 42.5 Å². The molecule has 0 amide bonds. The molecule has 2 aromatic rings. The zero-order valence-electron chi connectivity index (χ0n) is 13.7. The highest BCUT2D eigenvalue weighted by atomic mass is 35.5. The van der Waals surface area contributed by atoms with Gasteiger partial charge in [0.05, 0.1) is 5.69 Å². The summed E-state index contributed by atoms with van der Waals surface area (Å²) in [7, 11) is 1.86. The standard InChI is InChI=1S/C17H23ClN4O/c1-12-15(17(18)22(2)21-12)11-19-10-13-7-8-20-16(9-13)23-14-5-3-4-6-14/h7-9,14,19H,3-6,10-11H2,1-2H3. The minimum Gasteiger partial charge on any atom is -0.474 e. The SMILES string of the molecule is Cc1nn(C)c(Cl)c1CNCc1ccnc(OC2CCCC2)c1. The Morgan fingerprint density at radius 2 is 2.13 bits per heavy atom. The Bertz CT molecular complexity index is 665. The molecule has 1 saturated carbocycles. The molecule has 0 saturated heterocycles. The molecule has 0 aromatic carbocycles. The van der Waals surface area contributed by atoms with Crippen LogP contribution in [0.25, 0.3) is 0 Å². The zero-order chi connectivity index (χ0) is 16.2. The van der Waals surface area contributed by atoms with Crippen LogP contribution in [-0.2, 0) is 20.1 Å². The number of pyridine rings is 1. The van der Waals surface area contributed by atoms with Gasteiger partial charge in [0, 0.05) is 38.0 Å². The van der Waals surface area contributed by atoms with Crippen LogP contribution >= 0.6 is 11.6 Å². The van der Waals surface area contributed by atoms with Crippen LogP contribution in [0.4, 0.5) is 0 Å². The Morgan fingerprint density at radius 1 is 1.35 bits per heavy atom. The first-order chi connectivity index (χ1) is 11.1. The van der Waals surface area contributed by atoms with E-state index in [-0.39, 0.29) is 0 Å². The second-order valence-corrected chi connectivity index (χ2v) is 6.47. The van der Waals surface area contributed by atoms with Crippen molar-refractivity contribution >= 4 is 11.6 Å². The van der Waals surface area contributed by atoms with E-state index in [9.17, 15) is 0 Å². The number of rotatable bonds is 6. The lowest BCUT2D eigenvalue weighted by atomic mass is 10.2. The largest absolute Gasteiger partial charge is 0.474 e. The summed E-state index contributed by atoms with van der Waals surface area (Å²) in [5.74, 6) is 0.729. The van der Waals surface area contributed by atoms with Crippen LogP contribution in [-0.4, -0.2) is 20.9 Å². The van der Waals surface area contributed by atoms with E-state index in [0.29, 0.717) is 17.8 Å². The van der Waals surface area contributed by atoms with Crippen molar-refractivity contribution in [1.29, 1.82) is 0 Å². The first kappa shape index (κ1) is 16.3.